The number of piperidine rings is 1. The van der Waals surface area contributed by atoms with Gasteiger partial charge in [-0.15, -0.1) is 0 Å². The average molecular weight is 524 g/mol. The van der Waals surface area contributed by atoms with Crippen LogP contribution >= 0.6 is 11.6 Å². The second-order valence-corrected chi connectivity index (χ2v) is 9.86. The van der Waals surface area contributed by atoms with Crippen LogP contribution in [0.15, 0.2) is 53.5 Å². The normalized spacial score (nSPS) is 17.3. The van der Waals surface area contributed by atoms with Gasteiger partial charge in [-0.25, -0.2) is 0 Å². The molecule has 1 aliphatic rings. The molecule has 1 saturated heterocycles. The second kappa shape index (κ2) is 11.8. The van der Waals surface area contributed by atoms with E-state index < -0.39 is 0 Å². The number of halogens is 1. The highest BCUT2D eigenvalue weighted by Crippen LogP contribution is 2.42. The minimum atomic E-state index is -0.0682. The van der Waals surface area contributed by atoms with E-state index in [0.29, 0.717) is 29.5 Å². The maximum atomic E-state index is 12.3. The fourth-order valence-corrected chi connectivity index (χ4v) is 5.46. The van der Waals surface area contributed by atoms with Crippen molar-refractivity contribution >= 4 is 17.5 Å². The highest BCUT2D eigenvalue weighted by molar-refractivity contribution is 6.31. The molecule has 0 aliphatic carbocycles. The molecule has 1 fully saturated rings. The highest BCUT2D eigenvalue weighted by Gasteiger charge is 2.30. The molecular formula is C29H34ClN3O4. The van der Waals surface area contributed by atoms with Crippen LogP contribution in [0.25, 0.3) is 11.1 Å². The zero-order valence-electron chi connectivity index (χ0n) is 21.8. The predicted octanol–water partition coefficient (Wildman–Crippen LogP) is 4.26. The minimum Gasteiger partial charge on any atom is -0.493 e. The number of benzene rings is 2. The Morgan fingerprint density at radius 3 is 2.54 bits per heavy atom. The van der Waals surface area contributed by atoms with Crippen molar-refractivity contribution in [2.24, 2.45) is 7.05 Å². The molecule has 2 N–H and O–H groups in total. The van der Waals surface area contributed by atoms with Crippen molar-refractivity contribution in [3.63, 3.8) is 0 Å². The second-order valence-electron chi connectivity index (χ2n) is 9.45. The summed E-state index contributed by atoms with van der Waals surface area (Å²) in [6.07, 6.45) is 3.39. The third-order valence-electron chi connectivity index (χ3n) is 7.13. The van der Waals surface area contributed by atoms with Gasteiger partial charge in [0, 0.05) is 50.3 Å². The van der Waals surface area contributed by atoms with Crippen molar-refractivity contribution in [2.45, 2.75) is 31.6 Å². The van der Waals surface area contributed by atoms with Crippen LogP contribution < -0.4 is 25.7 Å². The van der Waals surface area contributed by atoms with E-state index in [1.54, 1.807) is 31.9 Å². The topological polar surface area (TPSA) is 81.6 Å². The number of pyridine rings is 1. The Morgan fingerprint density at radius 1 is 1.11 bits per heavy atom. The number of carbonyl (C=O) groups is 1. The largest absolute Gasteiger partial charge is 0.493 e. The SMILES string of the molecule is COc1cc(CCNC(C)=O)c(-c2ccc([C@@H]3CNCC[C@H]3c3ccn(C)c(=O)c3)c(Cl)c2)cc1OC. The Morgan fingerprint density at radius 2 is 1.86 bits per heavy atom. The molecule has 7 nitrogen and oxygen atoms in total. The number of hydrogen-bond donors (Lipinski definition) is 2. The van der Waals surface area contributed by atoms with Gasteiger partial charge in [0.05, 0.1) is 14.2 Å². The van der Waals surface area contributed by atoms with Crippen molar-refractivity contribution in [1.29, 1.82) is 0 Å². The lowest BCUT2D eigenvalue weighted by Gasteiger charge is -2.33. The van der Waals surface area contributed by atoms with Crippen LogP contribution in [-0.4, -0.2) is 44.3 Å². The first kappa shape index (κ1) is 26.8. The van der Waals surface area contributed by atoms with Crippen molar-refractivity contribution in [3.8, 4) is 22.6 Å². The van der Waals surface area contributed by atoms with Gasteiger partial charge in [-0.3, -0.25) is 9.59 Å². The molecule has 2 aromatic carbocycles. The number of nitrogens with one attached hydrogen (secondary N) is 2. The van der Waals surface area contributed by atoms with Gasteiger partial charge in [0.15, 0.2) is 11.5 Å². The van der Waals surface area contributed by atoms with Gasteiger partial charge in [-0.2, -0.15) is 0 Å². The number of aryl methyl sites for hydroxylation is 1. The average Bonchev–Trinajstić information content (AvgIpc) is 2.89. The standard InChI is InChI=1S/C29H34ClN3O4/c1-18(34)32-11-7-20-14-27(36-3)28(37-4)16-24(20)19-5-6-23(26(30)13-19)25-17-31-10-8-22(25)21-9-12-33(2)29(35)15-21/h5-6,9,12-16,22,25,31H,7-8,10-11,17H2,1-4H3,(H,32,34)/t22-,25+/m0/s1. The fourth-order valence-electron chi connectivity index (χ4n) is 5.14. The third kappa shape index (κ3) is 6.00. The molecule has 8 heteroatoms. The summed E-state index contributed by atoms with van der Waals surface area (Å²) in [4.78, 5) is 23.7. The quantitative estimate of drug-likeness (QED) is 0.461. The molecule has 0 radical (unpaired) electrons. The van der Waals surface area contributed by atoms with Gasteiger partial charge in [0.1, 0.15) is 0 Å². The summed E-state index contributed by atoms with van der Waals surface area (Å²) in [6, 6.07) is 13.9. The van der Waals surface area contributed by atoms with Crippen LogP contribution in [0.2, 0.25) is 5.02 Å². The Labute approximate surface area is 222 Å². The Balaban J connectivity index is 1.70. The van der Waals surface area contributed by atoms with E-state index in [2.05, 4.69) is 22.8 Å². The third-order valence-corrected chi connectivity index (χ3v) is 7.45. The van der Waals surface area contributed by atoms with Crippen molar-refractivity contribution in [1.82, 2.24) is 15.2 Å². The summed E-state index contributed by atoms with van der Waals surface area (Å²) in [5, 5.41) is 7.04. The molecule has 1 aliphatic heterocycles. The molecule has 2 atom stereocenters. The number of methoxy groups -OCH3 is 2. The van der Waals surface area contributed by atoms with Crippen LogP contribution in [0.3, 0.4) is 0 Å². The van der Waals surface area contributed by atoms with Crippen molar-refractivity contribution < 1.29 is 14.3 Å². The number of carbonyl (C=O) groups excluding carboxylic acids is 1. The van der Waals surface area contributed by atoms with Crippen LogP contribution in [0, 0.1) is 0 Å². The van der Waals surface area contributed by atoms with E-state index in [-0.39, 0.29) is 23.3 Å². The van der Waals surface area contributed by atoms with Crippen molar-refractivity contribution in [3.05, 3.63) is 80.7 Å². The van der Waals surface area contributed by atoms with E-state index in [1.165, 1.54) is 6.92 Å². The number of ether oxygens (including phenoxy) is 2. The summed E-state index contributed by atoms with van der Waals surface area (Å²) < 4.78 is 12.7. The molecule has 2 heterocycles. The number of amides is 1. The maximum absolute atomic E-state index is 12.3. The molecule has 196 valence electrons. The van der Waals surface area contributed by atoms with E-state index in [4.69, 9.17) is 21.1 Å². The monoisotopic (exact) mass is 523 g/mol. The van der Waals surface area contributed by atoms with Gasteiger partial charge in [-0.05, 0) is 77.4 Å². The Hall–Kier alpha value is -3.29. The molecule has 0 spiro atoms. The number of nitrogens with zero attached hydrogens (tertiary/aromatic N) is 1. The molecule has 4 rings (SSSR count). The van der Waals surface area contributed by atoms with Crippen LogP contribution in [-0.2, 0) is 18.3 Å². The van der Waals surface area contributed by atoms with E-state index in [9.17, 15) is 9.59 Å². The predicted molar refractivity (Wildman–Crippen MR) is 147 cm³/mol. The van der Waals surface area contributed by atoms with Crippen LogP contribution in [0.4, 0.5) is 0 Å². The Kier molecular flexibility index (Phi) is 8.56. The van der Waals surface area contributed by atoms with Crippen LogP contribution in [0.5, 0.6) is 11.5 Å². The lowest BCUT2D eigenvalue weighted by Crippen LogP contribution is -2.34. The van der Waals surface area contributed by atoms with Crippen LogP contribution in [0.1, 0.15) is 41.9 Å². The van der Waals surface area contributed by atoms with Gasteiger partial charge < -0.3 is 24.7 Å². The molecule has 37 heavy (non-hydrogen) atoms. The molecule has 0 unspecified atom stereocenters. The Bertz CT molecular complexity index is 1340. The zero-order chi connectivity index (χ0) is 26.5. The highest BCUT2D eigenvalue weighted by atomic mass is 35.5. The first-order valence-electron chi connectivity index (χ1n) is 12.5. The molecular weight excluding hydrogens is 490 g/mol. The van der Waals surface area contributed by atoms with Gasteiger partial charge in [-0.1, -0.05) is 23.7 Å². The summed E-state index contributed by atoms with van der Waals surface area (Å²) in [7, 11) is 4.99. The van der Waals surface area contributed by atoms with E-state index in [0.717, 1.165) is 47.3 Å². The van der Waals surface area contributed by atoms with E-state index >= 15 is 0 Å². The summed E-state index contributed by atoms with van der Waals surface area (Å²) in [6.45, 7) is 3.71. The number of aromatic nitrogens is 1. The summed E-state index contributed by atoms with van der Waals surface area (Å²) in [5.74, 6) is 1.54. The van der Waals surface area contributed by atoms with Crippen molar-refractivity contribution in [2.75, 3.05) is 33.9 Å². The number of hydrogen-bond acceptors (Lipinski definition) is 5. The molecule has 0 bridgehead atoms. The smallest absolute Gasteiger partial charge is 0.250 e. The van der Waals surface area contributed by atoms with Gasteiger partial charge in [0.25, 0.3) is 5.56 Å². The molecule has 1 aromatic heterocycles. The molecule has 1 amide bonds. The summed E-state index contributed by atoms with van der Waals surface area (Å²) >= 11 is 6.95. The van der Waals surface area contributed by atoms with Gasteiger partial charge >= 0.3 is 0 Å². The first-order chi connectivity index (χ1) is 17.8. The lowest BCUT2D eigenvalue weighted by atomic mass is 9.77. The molecule has 0 saturated carbocycles. The first-order valence-corrected chi connectivity index (χ1v) is 12.9. The fraction of sp³-hybridized carbons (Fsp3) is 0.379. The zero-order valence-corrected chi connectivity index (χ0v) is 22.5. The maximum Gasteiger partial charge on any atom is 0.250 e. The van der Waals surface area contributed by atoms with Gasteiger partial charge in [0.2, 0.25) is 5.91 Å². The number of rotatable bonds is 8. The molecule has 3 aromatic rings. The lowest BCUT2D eigenvalue weighted by molar-refractivity contribution is -0.118. The minimum absolute atomic E-state index is 0.00327. The van der Waals surface area contributed by atoms with E-state index in [1.807, 2.05) is 30.5 Å². The summed E-state index contributed by atoms with van der Waals surface area (Å²) in [5.41, 5.74) is 5.06.